The Labute approximate surface area is 200 Å². The van der Waals surface area contributed by atoms with Crippen molar-refractivity contribution in [2.24, 2.45) is 0 Å². The smallest absolute Gasteiger partial charge is 0.416 e. The first kappa shape index (κ1) is 24.6. The fourth-order valence-corrected chi connectivity index (χ4v) is 5.26. The Kier molecular flexibility index (Phi) is 6.75. The number of anilines is 2. The lowest BCUT2D eigenvalue weighted by atomic mass is 10.1. The van der Waals surface area contributed by atoms with Gasteiger partial charge in [0.1, 0.15) is 4.90 Å². The topological polar surface area (TPSA) is 93.5 Å². The van der Waals surface area contributed by atoms with Crippen molar-refractivity contribution >= 4 is 27.4 Å². The van der Waals surface area contributed by atoms with Gasteiger partial charge in [-0.1, -0.05) is 0 Å². The minimum atomic E-state index is -4.66. The van der Waals surface area contributed by atoms with Gasteiger partial charge in [0.15, 0.2) is 0 Å². The molecule has 0 unspecified atom stereocenters. The standard InChI is InChI=1S/C23H23F3N4O4S/c1-34-22(31)16-6-8-20(30-13-5-10-27-30)21(14-16)35(32,33)28-18-15-17(23(24,25)26)7-9-19(18)29-11-3-2-4-12-29/h5-10,13-15,28H,2-4,11-12H2,1H3. The fourth-order valence-electron chi connectivity index (χ4n) is 3.98. The summed E-state index contributed by atoms with van der Waals surface area (Å²) in [5.41, 5.74) is -0.750. The van der Waals surface area contributed by atoms with Crippen molar-refractivity contribution in [2.75, 3.05) is 29.8 Å². The number of carbonyl (C=O) groups is 1. The maximum atomic E-state index is 13.6. The highest BCUT2D eigenvalue weighted by molar-refractivity contribution is 7.92. The number of sulfonamides is 1. The summed E-state index contributed by atoms with van der Waals surface area (Å²) in [7, 11) is -3.31. The second-order valence-electron chi connectivity index (χ2n) is 8.01. The molecule has 1 aliphatic heterocycles. The molecule has 1 N–H and O–H groups in total. The van der Waals surface area contributed by atoms with E-state index in [-0.39, 0.29) is 21.8 Å². The van der Waals surface area contributed by atoms with Gasteiger partial charge in [-0.05, 0) is 61.7 Å². The summed E-state index contributed by atoms with van der Waals surface area (Å²) in [4.78, 5) is 13.6. The molecule has 2 aromatic carbocycles. The first-order valence-corrected chi connectivity index (χ1v) is 12.3. The number of ether oxygens (including phenoxy) is 1. The monoisotopic (exact) mass is 508 g/mol. The number of carbonyl (C=O) groups excluding carboxylic acids is 1. The number of rotatable bonds is 6. The Balaban J connectivity index is 1.83. The zero-order valence-electron chi connectivity index (χ0n) is 18.7. The first-order valence-electron chi connectivity index (χ1n) is 10.8. The summed E-state index contributed by atoms with van der Waals surface area (Å²) < 4.78 is 75.9. The largest absolute Gasteiger partial charge is 0.465 e. The van der Waals surface area contributed by atoms with Gasteiger partial charge in [-0.2, -0.15) is 18.3 Å². The fraction of sp³-hybridized carbons (Fsp3) is 0.304. The number of esters is 1. The van der Waals surface area contributed by atoms with Crippen LogP contribution in [0.15, 0.2) is 59.8 Å². The predicted octanol–water partition coefficient (Wildman–Crippen LogP) is 4.47. The van der Waals surface area contributed by atoms with Crippen molar-refractivity contribution in [3.05, 3.63) is 66.0 Å². The normalized spacial score (nSPS) is 14.6. The van der Waals surface area contributed by atoms with Gasteiger partial charge in [0.2, 0.25) is 0 Å². The number of benzene rings is 2. The molecular weight excluding hydrogens is 485 g/mol. The quantitative estimate of drug-likeness (QED) is 0.494. The Bertz CT molecular complexity index is 1320. The van der Waals surface area contributed by atoms with E-state index in [0.29, 0.717) is 18.8 Å². The number of piperidine rings is 1. The van der Waals surface area contributed by atoms with E-state index in [9.17, 15) is 26.4 Å². The van der Waals surface area contributed by atoms with Crippen LogP contribution in [0.3, 0.4) is 0 Å². The van der Waals surface area contributed by atoms with Crippen molar-refractivity contribution in [1.82, 2.24) is 9.78 Å². The van der Waals surface area contributed by atoms with Crippen LogP contribution in [0.4, 0.5) is 24.5 Å². The van der Waals surface area contributed by atoms with Gasteiger partial charge in [0.05, 0.1) is 35.3 Å². The second kappa shape index (κ2) is 9.61. The van der Waals surface area contributed by atoms with E-state index in [2.05, 4.69) is 9.82 Å². The van der Waals surface area contributed by atoms with Crippen molar-refractivity contribution < 1.29 is 31.1 Å². The van der Waals surface area contributed by atoms with E-state index < -0.39 is 27.7 Å². The number of hydrogen-bond acceptors (Lipinski definition) is 6. The van der Waals surface area contributed by atoms with E-state index in [1.165, 1.54) is 35.3 Å². The van der Waals surface area contributed by atoms with Crippen molar-refractivity contribution in [3.63, 3.8) is 0 Å². The molecule has 186 valence electrons. The number of methoxy groups -OCH3 is 1. The van der Waals surface area contributed by atoms with Gasteiger partial charge in [-0.15, -0.1) is 0 Å². The molecular formula is C23H23F3N4O4S. The van der Waals surface area contributed by atoms with Crippen LogP contribution < -0.4 is 9.62 Å². The van der Waals surface area contributed by atoms with Crippen LogP contribution in [0.5, 0.6) is 0 Å². The first-order chi connectivity index (χ1) is 16.6. The van der Waals surface area contributed by atoms with Crippen LogP contribution in [0.1, 0.15) is 35.2 Å². The zero-order valence-corrected chi connectivity index (χ0v) is 19.6. The third-order valence-corrected chi connectivity index (χ3v) is 7.08. The molecule has 8 nitrogen and oxygen atoms in total. The number of nitrogens with one attached hydrogen (secondary N) is 1. The molecule has 1 saturated heterocycles. The van der Waals surface area contributed by atoms with Crippen LogP contribution in [0, 0.1) is 0 Å². The molecule has 35 heavy (non-hydrogen) atoms. The van der Waals surface area contributed by atoms with Gasteiger partial charge >= 0.3 is 12.1 Å². The molecule has 1 aliphatic rings. The highest BCUT2D eigenvalue weighted by Crippen LogP contribution is 2.37. The molecule has 0 aliphatic carbocycles. The third-order valence-electron chi connectivity index (χ3n) is 5.69. The summed E-state index contributed by atoms with van der Waals surface area (Å²) in [6.07, 6.45) is 0.974. The Morgan fingerprint density at radius 3 is 2.40 bits per heavy atom. The Morgan fingerprint density at radius 1 is 1.06 bits per heavy atom. The molecule has 0 radical (unpaired) electrons. The van der Waals surface area contributed by atoms with E-state index >= 15 is 0 Å². The lowest BCUT2D eigenvalue weighted by Gasteiger charge is -2.31. The predicted molar refractivity (Wildman–Crippen MR) is 123 cm³/mol. The molecule has 1 fully saturated rings. The van der Waals surface area contributed by atoms with E-state index in [1.54, 1.807) is 6.07 Å². The summed E-state index contributed by atoms with van der Waals surface area (Å²) in [5.74, 6) is -0.762. The number of aromatic nitrogens is 2. The Hall–Kier alpha value is -3.54. The highest BCUT2D eigenvalue weighted by atomic mass is 32.2. The molecule has 0 spiro atoms. The van der Waals surface area contributed by atoms with Gasteiger partial charge in [0, 0.05) is 25.5 Å². The van der Waals surface area contributed by atoms with Gasteiger partial charge < -0.3 is 9.64 Å². The van der Waals surface area contributed by atoms with Crippen LogP contribution in [-0.2, 0) is 20.9 Å². The zero-order chi connectivity index (χ0) is 25.2. The summed E-state index contributed by atoms with van der Waals surface area (Å²) >= 11 is 0. The van der Waals surface area contributed by atoms with Gasteiger partial charge in [-0.25, -0.2) is 17.9 Å². The van der Waals surface area contributed by atoms with Crippen LogP contribution in [0.2, 0.25) is 0 Å². The van der Waals surface area contributed by atoms with E-state index in [0.717, 1.165) is 44.6 Å². The van der Waals surface area contributed by atoms with E-state index in [1.807, 2.05) is 4.90 Å². The molecule has 12 heteroatoms. The summed E-state index contributed by atoms with van der Waals surface area (Å²) in [6.45, 7) is 1.19. The average Bonchev–Trinajstić information content (AvgIpc) is 3.38. The van der Waals surface area contributed by atoms with Crippen LogP contribution in [0.25, 0.3) is 5.69 Å². The molecule has 4 rings (SSSR count). The molecule has 1 aromatic heterocycles. The summed E-state index contributed by atoms with van der Waals surface area (Å²) in [6, 6.07) is 8.47. The molecule has 2 heterocycles. The number of alkyl halides is 3. The maximum Gasteiger partial charge on any atom is 0.416 e. The SMILES string of the molecule is COC(=O)c1ccc(-n2cccn2)c(S(=O)(=O)Nc2cc(C(F)(F)F)ccc2N2CCCCC2)c1. The lowest BCUT2D eigenvalue weighted by molar-refractivity contribution is -0.137. The van der Waals surface area contributed by atoms with E-state index in [4.69, 9.17) is 4.74 Å². The molecule has 0 atom stereocenters. The van der Waals surface area contributed by atoms with Crippen molar-refractivity contribution in [1.29, 1.82) is 0 Å². The molecule has 3 aromatic rings. The van der Waals surface area contributed by atoms with Gasteiger partial charge in [0.25, 0.3) is 10.0 Å². The number of hydrogen-bond donors (Lipinski definition) is 1. The molecule has 0 amide bonds. The molecule has 0 saturated carbocycles. The molecule has 0 bridgehead atoms. The summed E-state index contributed by atoms with van der Waals surface area (Å²) in [5, 5.41) is 4.05. The van der Waals surface area contributed by atoms with Crippen molar-refractivity contribution in [2.45, 2.75) is 30.3 Å². The minimum Gasteiger partial charge on any atom is -0.465 e. The second-order valence-corrected chi connectivity index (χ2v) is 9.66. The maximum absolute atomic E-state index is 13.6. The van der Waals surface area contributed by atoms with Gasteiger partial charge in [-0.3, -0.25) is 4.72 Å². The van der Waals surface area contributed by atoms with Crippen molar-refractivity contribution in [3.8, 4) is 5.69 Å². The van der Waals surface area contributed by atoms with Crippen LogP contribution >= 0.6 is 0 Å². The third kappa shape index (κ3) is 5.26. The number of halogens is 3. The van der Waals surface area contributed by atoms with Crippen LogP contribution in [-0.4, -0.2) is 44.4 Å². The lowest BCUT2D eigenvalue weighted by Crippen LogP contribution is -2.30. The minimum absolute atomic E-state index is 0.0379. The number of nitrogens with zero attached hydrogens (tertiary/aromatic N) is 3. The highest BCUT2D eigenvalue weighted by Gasteiger charge is 2.33. The Morgan fingerprint density at radius 2 is 1.77 bits per heavy atom. The average molecular weight is 509 g/mol.